The maximum absolute atomic E-state index is 12.5. The van der Waals surface area contributed by atoms with Gasteiger partial charge in [-0.3, -0.25) is 5.32 Å². The van der Waals surface area contributed by atoms with E-state index < -0.39 is 12.1 Å². The van der Waals surface area contributed by atoms with Crippen LogP contribution in [0.2, 0.25) is 0 Å². The van der Waals surface area contributed by atoms with Crippen LogP contribution in [0.4, 0.5) is 10.5 Å². The van der Waals surface area contributed by atoms with Gasteiger partial charge in [0.05, 0.1) is 22.5 Å². The number of hydrogen-bond acceptors (Lipinski definition) is 7. The van der Waals surface area contributed by atoms with Gasteiger partial charge >= 0.3 is 12.1 Å². The van der Waals surface area contributed by atoms with Gasteiger partial charge < -0.3 is 9.84 Å². The molecule has 0 unspecified atom stereocenters. The van der Waals surface area contributed by atoms with E-state index in [1.165, 1.54) is 17.7 Å². The number of thiazole rings is 1. The van der Waals surface area contributed by atoms with Gasteiger partial charge in [0.2, 0.25) is 0 Å². The second-order valence-corrected chi connectivity index (χ2v) is 8.77. The van der Waals surface area contributed by atoms with Crippen molar-refractivity contribution in [2.24, 2.45) is 0 Å². The molecule has 162 valence electrons. The van der Waals surface area contributed by atoms with E-state index in [9.17, 15) is 9.59 Å². The minimum Gasteiger partial charge on any atom is -0.477 e. The molecule has 2 aromatic carbocycles. The minimum atomic E-state index is -0.991. The summed E-state index contributed by atoms with van der Waals surface area (Å²) in [5.74, 6) is -0.991. The Morgan fingerprint density at radius 1 is 1.06 bits per heavy atom. The number of carbonyl (C=O) groups is 2. The molecule has 4 aromatic rings. The molecule has 2 N–H and O–H groups in total. The van der Waals surface area contributed by atoms with Crippen LogP contribution in [0.3, 0.4) is 0 Å². The van der Waals surface area contributed by atoms with Gasteiger partial charge in [-0.1, -0.05) is 54.6 Å². The van der Waals surface area contributed by atoms with Gasteiger partial charge in [0.15, 0.2) is 0 Å². The molecular weight excluding hydrogens is 446 g/mol. The topological polar surface area (TPSA) is 101 Å². The summed E-state index contributed by atoms with van der Waals surface area (Å²) in [4.78, 5) is 28.8. The van der Waals surface area contributed by atoms with Crippen LogP contribution in [0.5, 0.6) is 0 Å². The van der Waals surface area contributed by atoms with E-state index in [0.717, 1.165) is 32.9 Å². The summed E-state index contributed by atoms with van der Waals surface area (Å²) in [6.45, 7) is 3.65. The van der Waals surface area contributed by atoms with E-state index in [4.69, 9.17) is 9.84 Å². The average Bonchev–Trinajstić information content (AvgIpc) is 3.42. The van der Waals surface area contributed by atoms with Crippen LogP contribution >= 0.6 is 22.9 Å². The highest BCUT2D eigenvalue weighted by Gasteiger charge is 2.18. The summed E-state index contributed by atoms with van der Waals surface area (Å²) < 4.78 is 9.91. The zero-order valence-electron chi connectivity index (χ0n) is 17.2. The molecule has 2 heterocycles. The third kappa shape index (κ3) is 4.68. The van der Waals surface area contributed by atoms with Crippen molar-refractivity contribution >= 4 is 40.6 Å². The molecule has 9 heteroatoms. The normalized spacial score (nSPS) is 11.7. The Morgan fingerprint density at radius 3 is 2.41 bits per heavy atom. The maximum Gasteiger partial charge on any atom is 0.412 e. The zero-order valence-corrected chi connectivity index (χ0v) is 18.9. The largest absolute Gasteiger partial charge is 0.477 e. The van der Waals surface area contributed by atoms with Gasteiger partial charge in [-0.2, -0.15) is 4.37 Å². The highest BCUT2D eigenvalue weighted by molar-refractivity contribution is 7.16. The van der Waals surface area contributed by atoms with Crippen molar-refractivity contribution in [3.05, 3.63) is 76.9 Å². The Morgan fingerprint density at radius 2 is 1.75 bits per heavy atom. The first-order chi connectivity index (χ1) is 15.4. The van der Waals surface area contributed by atoms with E-state index in [1.807, 2.05) is 68.4 Å². The van der Waals surface area contributed by atoms with Gasteiger partial charge in [-0.15, -0.1) is 11.3 Å². The van der Waals surface area contributed by atoms with E-state index in [0.29, 0.717) is 16.4 Å². The van der Waals surface area contributed by atoms with Crippen LogP contribution in [0, 0.1) is 6.92 Å². The Kier molecular flexibility index (Phi) is 6.29. The zero-order chi connectivity index (χ0) is 22.7. The molecular formula is C23H19N3O4S2. The first kappa shape index (κ1) is 21.7. The summed E-state index contributed by atoms with van der Waals surface area (Å²) >= 11 is 2.41. The molecule has 0 saturated heterocycles. The highest BCUT2D eigenvalue weighted by atomic mass is 32.1. The molecule has 4 rings (SSSR count). The summed E-state index contributed by atoms with van der Waals surface area (Å²) in [6, 6.07) is 17.1. The molecule has 32 heavy (non-hydrogen) atoms. The lowest BCUT2D eigenvalue weighted by Gasteiger charge is -2.14. The highest BCUT2D eigenvalue weighted by Crippen LogP contribution is 2.36. The molecule has 2 aromatic heterocycles. The van der Waals surface area contributed by atoms with E-state index >= 15 is 0 Å². The predicted octanol–water partition coefficient (Wildman–Crippen LogP) is 6.25. The van der Waals surface area contributed by atoms with E-state index in [1.54, 1.807) is 0 Å². The number of benzene rings is 2. The number of nitrogens with zero attached hydrogens (tertiary/aromatic N) is 2. The standard InChI is InChI=1S/C23H19N3O4S2/c1-13-19(25-23(29)30-14(2)15-6-4-3-5-7-15)20(32-26-13)16-8-10-17(11-9-16)21-24-12-18(31-21)22(27)28/h3-12,14H,1-2H3,(H,25,29)(H,27,28)/t14-/m1/s1. The summed E-state index contributed by atoms with van der Waals surface area (Å²) in [6.07, 6.45) is 0.415. The Hall–Kier alpha value is -3.56. The lowest BCUT2D eigenvalue weighted by Crippen LogP contribution is -2.16. The molecule has 0 radical (unpaired) electrons. The van der Waals surface area contributed by atoms with E-state index in [2.05, 4.69) is 14.7 Å². The molecule has 7 nitrogen and oxygen atoms in total. The number of carbonyl (C=O) groups excluding carboxylic acids is 1. The number of anilines is 1. The fourth-order valence-electron chi connectivity index (χ4n) is 3.07. The molecule has 0 aliphatic heterocycles. The lowest BCUT2D eigenvalue weighted by atomic mass is 10.1. The SMILES string of the molecule is Cc1nsc(-c2ccc(-c3ncc(C(=O)O)s3)cc2)c1NC(=O)O[C@H](C)c1ccccc1. The average molecular weight is 466 g/mol. The van der Waals surface area contributed by atoms with Crippen molar-refractivity contribution in [3.8, 4) is 21.0 Å². The molecule has 0 aliphatic carbocycles. The summed E-state index contributed by atoms with van der Waals surface area (Å²) in [5.41, 5.74) is 3.91. The number of carboxylic acids is 1. The number of ether oxygens (including phenoxy) is 1. The van der Waals surface area contributed by atoms with Crippen molar-refractivity contribution in [2.75, 3.05) is 5.32 Å². The number of nitrogens with one attached hydrogen (secondary N) is 1. The van der Waals surface area contributed by atoms with Crippen molar-refractivity contribution in [2.45, 2.75) is 20.0 Å². The number of aromatic nitrogens is 2. The molecule has 0 spiro atoms. The first-order valence-electron chi connectivity index (χ1n) is 9.71. The molecule has 0 aliphatic rings. The van der Waals surface area contributed by atoms with Gasteiger partial charge in [0.25, 0.3) is 0 Å². The fraction of sp³-hybridized carbons (Fsp3) is 0.130. The van der Waals surface area contributed by atoms with Crippen molar-refractivity contribution in [3.63, 3.8) is 0 Å². The van der Waals surface area contributed by atoms with E-state index in [-0.39, 0.29) is 11.0 Å². The minimum absolute atomic E-state index is 0.192. The maximum atomic E-state index is 12.5. The summed E-state index contributed by atoms with van der Waals surface area (Å²) in [7, 11) is 0. The number of aromatic carboxylic acids is 1. The van der Waals surface area contributed by atoms with Crippen molar-refractivity contribution in [1.82, 2.24) is 9.36 Å². The monoisotopic (exact) mass is 465 g/mol. The lowest BCUT2D eigenvalue weighted by molar-refractivity contribution is 0.0701. The molecule has 0 fully saturated rings. The Bertz CT molecular complexity index is 1250. The van der Waals surface area contributed by atoms with Crippen LogP contribution in [-0.4, -0.2) is 26.5 Å². The van der Waals surface area contributed by atoms with Crippen LogP contribution in [0.25, 0.3) is 21.0 Å². The predicted molar refractivity (Wildman–Crippen MR) is 125 cm³/mol. The van der Waals surface area contributed by atoms with Gasteiger partial charge in [-0.05, 0) is 36.5 Å². The Balaban J connectivity index is 1.50. The number of hydrogen-bond donors (Lipinski definition) is 2. The second-order valence-electron chi connectivity index (χ2n) is 6.97. The van der Waals surface area contributed by atoms with Gasteiger partial charge in [0, 0.05) is 5.56 Å². The molecule has 0 bridgehead atoms. The third-order valence-corrected chi connectivity index (χ3v) is 6.78. The van der Waals surface area contributed by atoms with Crippen molar-refractivity contribution < 1.29 is 19.4 Å². The molecule has 0 saturated carbocycles. The Labute approximate surface area is 192 Å². The van der Waals surface area contributed by atoms with Gasteiger partial charge in [-0.25, -0.2) is 14.6 Å². The number of aryl methyl sites for hydroxylation is 1. The fourth-order valence-corrected chi connectivity index (χ4v) is 4.68. The quantitative estimate of drug-likeness (QED) is 0.349. The van der Waals surface area contributed by atoms with Crippen LogP contribution in [0.15, 0.2) is 60.8 Å². The van der Waals surface area contributed by atoms with Crippen LogP contribution in [-0.2, 0) is 4.74 Å². The first-order valence-corrected chi connectivity index (χ1v) is 11.3. The van der Waals surface area contributed by atoms with Crippen LogP contribution in [0.1, 0.15) is 34.0 Å². The number of rotatable bonds is 6. The number of amides is 1. The van der Waals surface area contributed by atoms with Gasteiger partial charge in [0.1, 0.15) is 16.0 Å². The molecule has 1 atom stereocenters. The summed E-state index contributed by atoms with van der Waals surface area (Å²) in [5, 5.41) is 12.5. The number of carboxylic acid groups (broad SMARTS) is 1. The van der Waals surface area contributed by atoms with Crippen molar-refractivity contribution in [1.29, 1.82) is 0 Å². The smallest absolute Gasteiger partial charge is 0.412 e. The molecule has 1 amide bonds. The van der Waals surface area contributed by atoms with Crippen LogP contribution < -0.4 is 5.32 Å². The third-order valence-electron chi connectivity index (χ3n) is 4.75. The second kappa shape index (κ2) is 9.29.